The van der Waals surface area contributed by atoms with Gasteiger partial charge in [-0.2, -0.15) is 0 Å². The summed E-state index contributed by atoms with van der Waals surface area (Å²) in [6, 6.07) is 9.56. The molecule has 0 spiro atoms. The van der Waals surface area contributed by atoms with Gasteiger partial charge in [0.25, 0.3) is 0 Å². The number of carbonyl (C=O) groups excluding carboxylic acids is 1. The monoisotopic (exact) mass is 272 g/mol. The number of hydrogen-bond donors (Lipinski definition) is 2. The van der Waals surface area contributed by atoms with E-state index in [-0.39, 0.29) is 12.1 Å². The second-order valence-corrected chi connectivity index (χ2v) is 4.75. The normalized spacial score (nSPS) is 16.3. The second-order valence-electron chi connectivity index (χ2n) is 4.75. The van der Waals surface area contributed by atoms with Crippen LogP contribution in [0, 0.1) is 0 Å². The summed E-state index contributed by atoms with van der Waals surface area (Å²) < 4.78 is 10.7. The van der Waals surface area contributed by atoms with Gasteiger partial charge in [-0.05, 0) is 17.7 Å². The molecule has 2 aromatic rings. The lowest BCUT2D eigenvalue weighted by Crippen LogP contribution is -2.40. The SMILES string of the molecule is O=C(NCc1ccoc1)NC[C@@H]1Cc2ccccc2O1. The average molecular weight is 272 g/mol. The van der Waals surface area contributed by atoms with Crippen LogP contribution < -0.4 is 15.4 Å². The third-order valence-electron chi connectivity index (χ3n) is 3.24. The maximum absolute atomic E-state index is 11.7. The van der Waals surface area contributed by atoms with Crippen molar-refractivity contribution in [3.63, 3.8) is 0 Å². The molecule has 5 nitrogen and oxygen atoms in total. The van der Waals surface area contributed by atoms with Crippen LogP contribution in [0.5, 0.6) is 5.75 Å². The highest BCUT2D eigenvalue weighted by Crippen LogP contribution is 2.27. The highest BCUT2D eigenvalue weighted by atomic mass is 16.5. The van der Waals surface area contributed by atoms with E-state index in [4.69, 9.17) is 9.15 Å². The van der Waals surface area contributed by atoms with E-state index >= 15 is 0 Å². The number of rotatable bonds is 4. The van der Waals surface area contributed by atoms with Gasteiger partial charge in [-0.15, -0.1) is 0 Å². The molecule has 1 atom stereocenters. The molecule has 0 saturated heterocycles. The molecule has 2 heterocycles. The molecular formula is C15H16N2O3. The van der Waals surface area contributed by atoms with Crippen LogP contribution in [0.4, 0.5) is 4.79 Å². The first-order valence-electron chi connectivity index (χ1n) is 6.58. The van der Waals surface area contributed by atoms with E-state index in [0.717, 1.165) is 17.7 Å². The molecule has 20 heavy (non-hydrogen) atoms. The Hall–Kier alpha value is -2.43. The maximum atomic E-state index is 11.7. The number of amides is 2. The van der Waals surface area contributed by atoms with Gasteiger partial charge in [0.15, 0.2) is 0 Å². The van der Waals surface area contributed by atoms with Crippen LogP contribution in [0.25, 0.3) is 0 Å². The molecule has 0 saturated carbocycles. The molecule has 0 bridgehead atoms. The maximum Gasteiger partial charge on any atom is 0.315 e. The third kappa shape index (κ3) is 2.93. The number of ether oxygens (including phenoxy) is 1. The van der Waals surface area contributed by atoms with Gasteiger partial charge in [-0.1, -0.05) is 18.2 Å². The fourth-order valence-electron chi connectivity index (χ4n) is 2.21. The summed E-state index contributed by atoms with van der Waals surface area (Å²) in [5.41, 5.74) is 2.13. The van der Waals surface area contributed by atoms with Crippen LogP contribution in [-0.4, -0.2) is 18.7 Å². The molecular weight excluding hydrogens is 256 g/mol. The minimum atomic E-state index is -0.203. The molecule has 0 unspecified atom stereocenters. The minimum absolute atomic E-state index is 0.00655. The summed E-state index contributed by atoms with van der Waals surface area (Å²) in [5, 5.41) is 5.58. The van der Waals surface area contributed by atoms with Crippen molar-refractivity contribution in [2.24, 2.45) is 0 Å². The Morgan fingerprint density at radius 2 is 2.15 bits per heavy atom. The quantitative estimate of drug-likeness (QED) is 0.895. The zero-order valence-corrected chi connectivity index (χ0v) is 11.0. The minimum Gasteiger partial charge on any atom is -0.488 e. The van der Waals surface area contributed by atoms with E-state index in [0.29, 0.717) is 13.1 Å². The Kier molecular flexibility index (Phi) is 3.58. The summed E-state index contributed by atoms with van der Waals surface area (Å²) in [4.78, 5) is 11.7. The molecule has 1 aromatic carbocycles. The van der Waals surface area contributed by atoms with E-state index in [1.807, 2.05) is 30.3 Å². The summed E-state index contributed by atoms with van der Waals surface area (Å²) in [5.74, 6) is 0.915. The Balaban J connectivity index is 1.41. The van der Waals surface area contributed by atoms with Crippen molar-refractivity contribution in [3.05, 3.63) is 54.0 Å². The van der Waals surface area contributed by atoms with E-state index in [1.54, 1.807) is 12.5 Å². The molecule has 1 aromatic heterocycles. The van der Waals surface area contributed by atoms with Crippen molar-refractivity contribution in [3.8, 4) is 5.75 Å². The molecule has 2 amide bonds. The van der Waals surface area contributed by atoms with Crippen LogP contribution >= 0.6 is 0 Å². The molecule has 1 aliphatic heterocycles. The Bertz CT molecular complexity index is 556. The molecule has 3 rings (SSSR count). The largest absolute Gasteiger partial charge is 0.488 e. The Labute approximate surface area is 116 Å². The standard InChI is InChI=1S/C15H16N2O3/c18-15(16-8-11-5-6-19-10-11)17-9-13-7-12-3-1-2-4-14(12)20-13/h1-6,10,13H,7-9H2,(H2,16,17,18)/t13-/m0/s1. The van der Waals surface area contributed by atoms with Crippen LogP contribution in [0.2, 0.25) is 0 Å². The molecule has 2 N–H and O–H groups in total. The lowest BCUT2D eigenvalue weighted by Gasteiger charge is -2.12. The molecule has 0 fully saturated rings. The first kappa shape index (κ1) is 12.6. The number of carbonyl (C=O) groups is 1. The number of fused-ring (bicyclic) bond motifs is 1. The molecule has 1 aliphatic rings. The molecule has 0 radical (unpaired) electrons. The zero-order chi connectivity index (χ0) is 13.8. The number of hydrogen-bond acceptors (Lipinski definition) is 3. The Morgan fingerprint density at radius 3 is 2.95 bits per heavy atom. The number of benzene rings is 1. The topological polar surface area (TPSA) is 63.5 Å². The fraction of sp³-hybridized carbons (Fsp3) is 0.267. The number of nitrogens with one attached hydrogen (secondary N) is 2. The lowest BCUT2D eigenvalue weighted by molar-refractivity contribution is 0.214. The van der Waals surface area contributed by atoms with Crippen molar-refractivity contribution in [2.45, 2.75) is 19.1 Å². The lowest BCUT2D eigenvalue weighted by atomic mass is 10.1. The average Bonchev–Trinajstić information content (AvgIpc) is 3.11. The molecule has 104 valence electrons. The van der Waals surface area contributed by atoms with Gasteiger partial charge in [0, 0.05) is 18.5 Å². The van der Waals surface area contributed by atoms with Gasteiger partial charge in [0.1, 0.15) is 11.9 Å². The van der Waals surface area contributed by atoms with E-state index in [9.17, 15) is 4.79 Å². The van der Waals surface area contributed by atoms with Gasteiger partial charge in [0.2, 0.25) is 0 Å². The molecule has 0 aliphatic carbocycles. The first-order valence-corrected chi connectivity index (χ1v) is 6.58. The predicted octanol–water partition coefficient (Wildman–Crippen LogP) is 2.08. The van der Waals surface area contributed by atoms with Crippen molar-refractivity contribution >= 4 is 6.03 Å². The summed E-state index contributed by atoms with van der Waals surface area (Å²) in [6.07, 6.45) is 4.03. The number of furan rings is 1. The van der Waals surface area contributed by atoms with Crippen molar-refractivity contribution in [1.29, 1.82) is 0 Å². The third-order valence-corrected chi connectivity index (χ3v) is 3.24. The van der Waals surface area contributed by atoms with Crippen LogP contribution in [0.1, 0.15) is 11.1 Å². The van der Waals surface area contributed by atoms with Gasteiger partial charge in [0.05, 0.1) is 19.1 Å². The first-order chi connectivity index (χ1) is 9.81. The van der Waals surface area contributed by atoms with Crippen molar-refractivity contribution < 1.29 is 13.9 Å². The Morgan fingerprint density at radius 1 is 1.25 bits per heavy atom. The summed E-state index contributed by atoms with van der Waals surface area (Å²) in [7, 11) is 0. The molecule has 5 heteroatoms. The number of urea groups is 1. The van der Waals surface area contributed by atoms with Gasteiger partial charge >= 0.3 is 6.03 Å². The highest BCUT2D eigenvalue weighted by molar-refractivity contribution is 5.73. The smallest absolute Gasteiger partial charge is 0.315 e. The van der Waals surface area contributed by atoms with Gasteiger partial charge in [-0.3, -0.25) is 0 Å². The van der Waals surface area contributed by atoms with Crippen LogP contribution in [0.15, 0.2) is 47.3 Å². The summed E-state index contributed by atoms with van der Waals surface area (Å²) in [6.45, 7) is 0.944. The van der Waals surface area contributed by atoms with Gasteiger partial charge < -0.3 is 19.8 Å². The highest BCUT2D eigenvalue weighted by Gasteiger charge is 2.22. The van der Waals surface area contributed by atoms with Crippen molar-refractivity contribution in [1.82, 2.24) is 10.6 Å². The second kappa shape index (κ2) is 5.69. The van der Waals surface area contributed by atoms with E-state index in [1.165, 1.54) is 5.56 Å². The summed E-state index contributed by atoms with van der Waals surface area (Å²) >= 11 is 0. The van der Waals surface area contributed by atoms with Crippen molar-refractivity contribution in [2.75, 3.05) is 6.54 Å². The zero-order valence-electron chi connectivity index (χ0n) is 11.0. The van der Waals surface area contributed by atoms with Crippen LogP contribution in [0.3, 0.4) is 0 Å². The van der Waals surface area contributed by atoms with Gasteiger partial charge in [-0.25, -0.2) is 4.79 Å². The number of para-hydroxylation sites is 1. The van der Waals surface area contributed by atoms with E-state index in [2.05, 4.69) is 10.6 Å². The van der Waals surface area contributed by atoms with E-state index < -0.39 is 0 Å². The van der Waals surface area contributed by atoms with Crippen LogP contribution in [-0.2, 0) is 13.0 Å². The predicted molar refractivity (Wildman–Crippen MR) is 73.5 cm³/mol. The fourth-order valence-corrected chi connectivity index (χ4v) is 2.21.